The lowest BCUT2D eigenvalue weighted by molar-refractivity contribution is -0.192. The summed E-state index contributed by atoms with van der Waals surface area (Å²) in [5.74, 6) is -0.389. The van der Waals surface area contributed by atoms with E-state index < -0.39 is 0 Å². The van der Waals surface area contributed by atoms with E-state index in [1.54, 1.807) is 6.92 Å². The molecule has 1 saturated heterocycles. The molecule has 0 bridgehead atoms. The van der Waals surface area contributed by atoms with Gasteiger partial charge >= 0.3 is 11.9 Å². The lowest BCUT2D eigenvalue weighted by atomic mass is 9.81. The average molecular weight is 242 g/mol. The second-order valence-electron chi connectivity index (χ2n) is 4.84. The Labute approximate surface area is 103 Å². The quantitative estimate of drug-likeness (QED) is 0.670. The van der Waals surface area contributed by atoms with Gasteiger partial charge in [0.15, 0.2) is 0 Å². The van der Waals surface area contributed by atoms with Crippen LogP contribution in [0.25, 0.3) is 0 Å². The predicted molar refractivity (Wildman–Crippen MR) is 63.2 cm³/mol. The van der Waals surface area contributed by atoms with Gasteiger partial charge in [-0.25, -0.2) is 0 Å². The average Bonchev–Trinajstić information content (AvgIpc) is 2.26. The van der Waals surface area contributed by atoms with Crippen molar-refractivity contribution in [1.82, 2.24) is 0 Å². The molecule has 0 amide bonds. The van der Waals surface area contributed by atoms with E-state index in [4.69, 9.17) is 9.47 Å². The molecule has 98 valence electrons. The second-order valence-corrected chi connectivity index (χ2v) is 4.84. The summed E-state index contributed by atoms with van der Waals surface area (Å²) in [6, 6.07) is 0. The van der Waals surface area contributed by atoms with Crippen molar-refractivity contribution < 1.29 is 19.1 Å². The second kappa shape index (κ2) is 6.03. The van der Waals surface area contributed by atoms with Crippen LogP contribution in [0.3, 0.4) is 0 Å². The van der Waals surface area contributed by atoms with E-state index in [0.29, 0.717) is 25.4 Å². The number of hydrogen-bond donors (Lipinski definition) is 0. The maximum absolute atomic E-state index is 11.7. The highest BCUT2D eigenvalue weighted by Crippen LogP contribution is 2.34. The van der Waals surface area contributed by atoms with Crippen LogP contribution in [0.5, 0.6) is 0 Å². The molecule has 1 aliphatic heterocycles. The van der Waals surface area contributed by atoms with Crippen molar-refractivity contribution >= 4 is 11.9 Å². The summed E-state index contributed by atoms with van der Waals surface area (Å²) < 4.78 is 10.1. The molecule has 4 nitrogen and oxygen atoms in total. The zero-order valence-electron chi connectivity index (χ0n) is 11.1. The first-order valence-electron chi connectivity index (χ1n) is 6.38. The number of ether oxygens (including phenoxy) is 2. The van der Waals surface area contributed by atoms with Gasteiger partial charge in [-0.1, -0.05) is 20.8 Å². The molecule has 0 spiro atoms. The standard InChI is InChI=1S/C13H22O4/c1-5-9(12(14)16-6-2)7-10-11(8(3)4)17-13(10)15/h8-11H,5-7H2,1-4H3. The molecule has 0 aromatic heterocycles. The van der Waals surface area contributed by atoms with Crippen molar-refractivity contribution in [2.75, 3.05) is 6.61 Å². The van der Waals surface area contributed by atoms with Crippen molar-refractivity contribution in [3.8, 4) is 0 Å². The molecule has 0 N–H and O–H groups in total. The smallest absolute Gasteiger partial charge is 0.313 e. The molecule has 4 heteroatoms. The molecule has 3 atom stereocenters. The van der Waals surface area contributed by atoms with Crippen LogP contribution >= 0.6 is 0 Å². The lowest BCUT2D eigenvalue weighted by Crippen LogP contribution is -2.49. The van der Waals surface area contributed by atoms with Crippen LogP contribution in [0.4, 0.5) is 0 Å². The molecular weight excluding hydrogens is 220 g/mol. The van der Waals surface area contributed by atoms with Gasteiger partial charge in [-0.15, -0.1) is 0 Å². The highest BCUT2D eigenvalue weighted by molar-refractivity contribution is 5.80. The van der Waals surface area contributed by atoms with Crippen LogP contribution in [-0.4, -0.2) is 24.6 Å². The summed E-state index contributed by atoms with van der Waals surface area (Å²) in [4.78, 5) is 23.1. The highest BCUT2D eigenvalue weighted by atomic mass is 16.6. The van der Waals surface area contributed by atoms with Crippen LogP contribution in [-0.2, 0) is 19.1 Å². The Morgan fingerprint density at radius 2 is 2.06 bits per heavy atom. The summed E-state index contributed by atoms with van der Waals surface area (Å²) >= 11 is 0. The summed E-state index contributed by atoms with van der Waals surface area (Å²) in [7, 11) is 0. The molecule has 0 aromatic rings. The van der Waals surface area contributed by atoms with E-state index in [1.165, 1.54) is 0 Å². The van der Waals surface area contributed by atoms with Crippen LogP contribution in [0, 0.1) is 17.8 Å². The molecule has 0 saturated carbocycles. The number of carbonyl (C=O) groups excluding carboxylic acids is 2. The summed E-state index contributed by atoms with van der Waals surface area (Å²) in [6.45, 7) is 8.16. The van der Waals surface area contributed by atoms with Crippen LogP contribution in [0.15, 0.2) is 0 Å². The molecule has 1 rings (SSSR count). The van der Waals surface area contributed by atoms with Gasteiger partial charge < -0.3 is 9.47 Å². The van der Waals surface area contributed by atoms with Gasteiger partial charge in [-0.05, 0) is 25.7 Å². The van der Waals surface area contributed by atoms with Gasteiger partial charge in [0.25, 0.3) is 0 Å². The van der Waals surface area contributed by atoms with E-state index in [2.05, 4.69) is 0 Å². The zero-order chi connectivity index (χ0) is 13.0. The van der Waals surface area contributed by atoms with Gasteiger partial charge in [-0.3, -0.25) is 9.59 Å². The fourth-order valence-corrected chi connectivity index (χ4v) is 2.19. The van der Waals surface area contributed by atoms with Crippen molar-refractivity contribution in [2.24, 2.45) is 17.8 Å². The molecule has 0 aliphatic carbocycles. The first kappa shape index (κ1) is 14.0. The van der Waals surface area contributed by atoms with E-state index in [-0.39, 0.29) is 29.9 Å². The molecule has 3 unspecified atom stereocenters. The van der Waals surface area contributed by atoms with Gasteiger partial charge in [0.05, 0.1) is 18.4 Å². The first-order chi connectivity index (χ1) is 8.01. The van der Waals surface area contributed by atoms with Crippen molar-refractivity contribution in [3.05, 3.63) is 0 Å². The normalized spacial score (nSPS) is 25.1. The number of rotatable bonds is 6. The Hall–Kier alpha value is -1.06. The summed E-state index contributed by atoms with van der Waals surface area (Å²) in [5, 5.41) is 0. The van der Waals surface area contributed by atoms with Crippen LogP contribution in [0.1, 0.15) is 40.5 Å². The van der Waals surface area contributed by atoms with Crippen molar-refractivity contribution in [2.45, 2.75) is 46.6 Å². The van der Waals surface area contributed by atoms with Gasteiger partial charge in [-0.2, -0.15) is 0 Å². The minimum atomic E-state index is -0.197. The first-order valence-corrected chi connectivity index (χ1v) is 6.38. The summed E-state index contributed by atoms with van der Waals surface area (Å²) in [6.07, 6.45) is 1.22. The van der Waals surface area contributed by atoms with Gasteiger partial charge in [0, 0.05) is 0 Å². The van der Waals surface area contributed by atoms with Crippen molar-refractivity contribution in [1.29, 1.82) is 0 Å². The molecule has 1 fully saturated rings. The Bertz CT molecular complexity index is 285. The molecule has 0 radical (unpaired) electrons. The largest absolute Gasteiger partial charge is 0.466 e. The lowest BCUT2D eigenvalue weighted by Gasteiger charge is -2.39. The Morgan fingerprint density at radius 3 is 2.47 bits per heavy atom. The molecule has 1 heterocycles. The Kier molecular flexibility index (Phi) is 4.97. The molecular formula is C13H22O4. The minimum absolute atomic E-state index is 0.0361. The minimum Gasteiger partial charge on any atom is -0.466 e. The van der Waals surface area contributed by atoms with E-state index in [0.717, 1.165) is 0 Å². The molecule has 17 heavy (non-hydrogen) atoms. The SMILES string of the molecule is CCOC(=O)C(CC)CC1C(=O)OC1C(C)C. The van der Waals surface area contributed by atoms with Crippen LogP contribution in [0.2, 0.25) is 0 Å². The maximum Gasteiger partial charge on any atom is 0.313 e. The highest BCUT2D eigenvalue weighted by Gasteiger charge is 2.45. The predicted octanol–water partition coefficient (Wildman–Crippen LogP) is 2.16. The van der Waals surface area contributed by atoms with Gasteiger partial charge in [0.1, 0.15) is 6.10 Å². The fraction of sp³-hybridized carbons (Fsp3) is 0.846. The van der Waals surface area contributed by atoms with Crippen LogP contribution < -0.4 is 0 Å². The van der Waals surface area contributed by atoms with E-state index in [9.17, 15) is 9.59 Å². The van der Waals surface area contributed by atoms with Crippen molar-refractivity contribution in [3.63, 3.8) is 0 Å². The maximum atomic E-state index is 11.7. The number of carbonyl (C=O) groups is 2. The topological polar surface area (TPSA) is 52.6 Å². The summed E-state index contributed by atoms with van der Waals surface area (Å²) in [5.41, 5.74) is 0. The van der Waals surface area contributed by atoms with E-state index in [1.807, 2.05) is 20.8 Å². The van der Waals surface area contributed by atoms with E-state index >= 15 is 0 Å². The number of hydrogen-bond acceptors (Lipinski definition) is 4. The number of esters is 2. The third-order valence-electron chi connectivity index (χ3n) is 3.26. The molecule has 1 aliphatic rings. The third-order valence-corrected chi connectivity index (χ3v) is 3.26. The molecule has 0 aromatic carbocycles. The zero-order valence-corrected chi connectivity index (χ0v) is 11.1. The fourth-order valence-electron chi connectivity index (χ4n) is 2.19. The van der Waals surface area contributed by atoms with Gasteiger partial charge in [0.2, 0.25) is 0 Å². The Morgan fingerprint density at radius 1 is 1.41 bits per heavy atom. The number of cyclic esters (lactones) is 1. The monoisotopic (exact) mass is 242 g/mol. The third kappa shape index (κ3) is 3.20. The Balaban J connectivity index is 2.55.